The highest BCUT2D eigenvalue weighted by Crippen LogP contribution is 2.25. The lowest BCUT2D eigenvalue weighted by molar-refractivity contribution is 0.572. The van der Waals surface area contributed by atoms with Gasteiger partial charge in [-0.05, 0) is 29.3 Å². The van der Waals surface area contributed by atoms with E-state index in [0.29, 0.717) is 0 Å². The maximum Gasteiger partial charge on any atom is 0.326 e. The van der Waals surface area contributed by atoms with E-state index in [-0.39, 0.29) is 15.8 Å². The predicted octanol–water partition coefficient (Wildman–Crippen LogP) is 2.28. The van der Waals surface area contributed by atoms with Crippen LogP contribution in [0, 0.1) is 0 Å². The van der Waals surface area contributed by atoms with Crippen molar-refractivity contribution in [2.24, 2.45) is 0 Å². The number of sulfonamides is 1. The SMILES string of the molecule is O=c1[nH]c(=O)c2cc(S(=O)(=O)NC(c3ccccc3)c3ccccc3)ccc2[nH]1. The van der Waals surface area contributed by atoms with Crippen molar-refractivity contribution in [1.29, 1.82) is 0 Å². The van der Waals surface area contributed by atoms with Gasteiger partial charge >= 0.3 is 5.69 Å². The van der Waals surface area contributed by atoms with E-state index >= 15 is 0 Å². The molecule has 146 valence electrons. The van der Waals surface area contributed by atoms with Gasteiger partial charge in [0.05, 0.1) is 21.8 Å². The summed E-state index contributed by atoms with van der Waals surface area (Å²) in [4.78, 5) is 28.0. The third-order valence-corrected chi connectivity index (χ3v) is 5.98. The number of aromatic nitrogens is 2. The van der Waals surface area contributed by atoms with E-state index < -0.39 is 27.3 Å². The molecule has 0 aliphatic heterocycles. The fourth-order valence-corrected chi connectivity index (χ4v) is 4.39. The molecule has 0 aliphatic rings. The van der Waals surface area contributed by atoms with Gasteiger partial charge in [0.2, 0.25) is 10.0 Å². The van der Waals surface area contributed by atoms with Crippen LogP contribution in [0.4, 0.5) is 0 Å². The number of fused-ring (bicyclic) bond motifs is 1. The van der Waals surface area contributed by atoms with Crippen LogP contribution in [0.1, 0.15) is 17.2 Å². The highest BCUT2D eigenvalue weighted by Gasteiger charge is 2.23. The summed E-state index contributed by atoms with van der Waals surface area (Å²) in [5, 5.41) is 0.0865. The van der Waals surface area contributed by atoms with Crippen LogP contribution in [0.2, 0.25) is 0 Å². The van der Waals surface area contributed by atoms with Gasteiger partial charge in [-0.2, -0.15) is 4.72 Å². The molecule has 29 heavy (non-hydrogen) atoms. The predicted molar refractivity (Wildman–Crippen MR) is 110 cm³/mol. The Morgan fingerprint density at radius 1 is 0.759 bits per heavy atom. The van der Waals surface area contributed by atoms with Gasteiger partial charge in [-0.15, -0.1) is 0 Å². The van der Waals surface area contributed by atoms with E-state index in [9.17, 15) is 18.0 Å². The van der Waals surface area contributed by atoms with Crippen molar-refractivity contribution < 1.29 is 8.42 Å². The van der Waals surface area contributed by atoms with Crippen molar-refractivity contribution in [2.75, 3.05) is 0 Å². The van der Waals surface area contributed by atoms with Crippen LogP contribution in [0.25, 0.3) is 10.9 Å². The largest absolute Gasteiger partial charge is 0.326 e. The van der Waals surface area contributed by atoms with Crippen molar-refractivity contribution in [3.05, 3.63) is 111 Å². The third kappa shape index (κ3) is 3.89. The lowest BCUT2D eigenvalue weighted by Gasteiger charge is -2.20. The molecule has 4 rings (SSSR count). The molecule has 0 radical (unpaired) electrons. The lowest BCUT2D eigenvalue weighted by Crippen LogP contribution is -2.30. The van der Waals surface area contributed by atoms with Crippen LogP contribution in [-0.2, 0) is 10.0 Å². The second kappa shape index (κ2) is 7.50. The first-order chi connectivity index (χ1) is 13.9. The first-order valence-electron chi connectivity index (χ1n) is 8.83. The Kier molecular flexibility index (Phi) is 4.87. The fourth-order valence-electron chi connectivity index (χ4n) is 3.15. The zero-order valence-electron chi connectivity index (χ0n) is 15.1. The number of hydrogen-bond acceptors (Lipinski definition) is 4. The van der Waals surface area contributed by atoms with Crippen LogP contribution < -0.4 is 16.0 Å². The van der Waals surface area contributed by atoms with Gasteiger partial charge in [0.1, 0.15) is 0 Å². The van der Waals surface area contributed by atoms with Crippen molar-refractivity contribution in [2.45, 2.75) is 10.9 Å². The van der Waals surface area contributed by atoms with Gasteiger partial charge in [-0.25, -0.2) is 13.2 Å². The van der Waals surface area contributed by atoms with E-state index in [4.69, 9.17) is 0 Å². The first kappa shape index (κ1) is 18.9. The average molecular weight is 407 g/mol. The summed E-state index contributed by atoms with van der Waals surface area (Å²) >= 11 is 0. The number of H-pyrrole nitrogens is 2. The molecule has 3 aromatic carbocycles. The Morgan fingerprint density at radius 2 is 1.34 bits per heavy atom. The molecule has 7 nitrogen and oxygen atoms in total. The van der Waals surface area contributed by atoms with E-state index in [2.05, 4.69) is 14.7 Å². The van der Waals surface area contributed by atoms with E-state index in [1.165, 1.54) is 18.2 Å². The second-order valence-corrected chi connectivity index (χ2v) is 8.21. The van der Waals surface area contributed by atoms with Gasteiger partial charge in [0, 0.05) is 0 Å². The number of benzene rings is 3. The molecule has 4 aromatic rings. The van der Waals surface area contributed by atoms with Crippen molar-refractivity contribution >= 4 is 20.9 Å². The summed E-state index contributed by atoms with van der Waals surface area (Å²) < 4.78 is 29.0. The molecule has 0 unspecified atom stereocenters. The molecule has 0 saturated heterocycles. The number of nitrogens with one attached hydrogen (secondary N) is 3. The Morgan fingerprint density at radius 3 is 1.93 bits per heavy atom. The van der Waals surface area contributed by atoms with Crippen LogP contribution in [-0.4, -0.2) is 18.4 Å². The maximum absolute atomic E-state index is 13.1. The van der Waals surface area contributed by atoms with Crippen molar-refractivity contribution in [3.8, 4) is 0 Å². The zero-order valence-corrected chi connectivity index (χ0v) is 15.9. The van der Waals surface area contributed by atoms with Gasteiger partial charge in [-0.1, -0.05) is 60.7 Å². The molecular formula is C21H17N3O4S. The fraction of sp³-hybridized carbons (Fsp3) is 0.0476. The average Bonchev–Trinajstić information content (AvgIpc) is 2.73. The molecule has 0 atom stereocenters. The number of aromatic amines is 2. The van der Waals surface area contributed by atoms with Crippen LogP contribution >= 0.6 is 0 Å². The minimum Gasteiger partial charge on any atom is -0.307 e. The van der Waals surface area contributed by atoms with Gasteiger partial charge < -0.3 is 4.98 Å². The summed E-state index contributed by atoms with van der Waals surface area (Å²) in [7, 11) is -3.97. The number of hydrogen-bond donors (Lipinski definition) is 3. The summed E-state index contributed by atoms with van der Waals surface area (Å²) in [6.45, 7) is 0. The quantitative estimate of drug-likeness (QED) is 0.471. The second-order valence-electron chi connectivity index (χ2n) is 6.49. The Balaban J connectivity index is 1.79. The minimum absolute atomic E-state index is 0.0700. The van der Waals surface area contributed by atoms with Crippen LogP contribution in [0.3, 0.4) is 0 Å². The van der Waals surface area contributed by atoms with Gasteiger partial charge in [0.15, 0.2) is 0 Å². The third-order valence-electron chi connectivity index (χ3n) is 4.56. The Labute approximate surface area is 166 Å². The summed E-state index contributed by atoms with van der Waals surface area (Å²) in [5.74, 6) is 0. The molecule has 0 saturated carbocycles. The molecule has 0 amide bonds. The smallest absolute Gasteiger partial charge is 0.307 e. The molecule has 0 spiro atoms. The van der Waals surface area contributed by atoms with Crippen LogP contribution in [0.15, 0.2) is 93.3 Å². The Bertz CT molecular complexity index is 1340. The number of rotatable bonds is 5. The minimum atomic E-state index is -3.97. The van der Waals surface area contributed by atoms with Crippen molar-refractivity contribution in [1.82, 2.24) is 14.7 Å². The first-order valence-corrected chi connectivity index (χ1v) is 10.3. The summed E-state index contributed by atoms with van der Waals surface area (Å²) in [5.41, 5.74) is 0.531. The van der Waals surface area contributed by atoms with Gasteiger partial charge in [-0.3, -0.25) is 9.78 Å². The molecule has 1 aromatic heterocycles. The zero-order chi connectivity index (χ0) is 20.4. The normalized spacial score (nSPS) is 11.8. The summed E-state index contributed by atoms with van der Waals surface area (Å²) in [6, 6.07) is 21.8. The Hall–Kier alpha value is -3.49. The van der Waals surface area contributed by atoms with E-state index in [1.54, 1.807) is 0 Å². The highest BCUT2D eigenvalue weighted by molar-refractivity contribution is 7.89. The molecule has 3 N–H and O–H groups in total. The molecule has 0 aliphatic carbocycles. The maximum atomic E-state index is 13.1. The molecule has 8 heteroatoms. The van der Waals surface area contributed by atoms with E-state index in [1.807, 2.05) is 60.7 Å². The molecule has 0 fully saturated rings. The van der Waals surface area contributed by atoms with Crippen molar-refractivity contribution in [3.63, 3.8) is 0 Å². The standard InChI is InChI=1S/C21H17N3O4S/c25-20-17-13-16(11-12-18(17)22-21(26)23-20)29(27,28)24-19(14-7-3-1-4-8-14)15-9-5-2-6-10-15/h1-13,19,24H,(H2,22,23,25,26). The molecular weight excluding hydrogens is 390 g/mol. The highest BCUT2D eigenvalue weighted by atomic mass is 32.2. The monoisotopic (exact) mass is 407 g/mol. The summed E-state index contributed by atoms with van der Waals surface area (Å²) in [6.07, 6.45) is 0. The topological polar surface area (TPSA) is 112 Å². The lowest BCUT2D eigenvalue weighted by atomic mass is 10.00. The van der Waals surface area contributed by atoms with Gasteiger partial charge in [0.25, 0.3) is 5.56 Å². The van der Waals surface area contributed by atoms with Crippen LogP contribution in [0.5, 0.6) is 0 Å². The molecule has 0 bridgehead atoms. The molecule has 1 heterocycles. The van der Waals surface area contributed by atoms with E-state index in [0.717, 1.165) is 11.1 Å².